The Kier molecular flexibility index (Phi) is 3.18. The minimum absolute atomic E-state index is 0.0175. The monoisotopic (exact) mass is 271 g/mol. The number of nitrogen functional groups attached to an aromatic ring is 1. The summed E-state index contributed by atoms with van der Waals surface area (Å²) in [6, 6.07) is 7.53. The molecule has 3 N–H and O–H groups in total. The fourth-order valence-corrected chi connectivity index (χ4v) is 2.69. The number of aryl methyl sites for hydroxylation is 2. The molecule has 2 aromatic rings. The molecule has 0 bridgehead atoms. The van der Waals surface area contributed by atoms with E-state index in [2.05, 4.69) is 10.5 Å². The van der Waals surface area contributed by atoms with Crippen molar-refractivity contribution in [3.05, 3.63) is 46.8 Å². The molecule has 1 unspecified atom stereocenters. The SMILES string of the molecule is Cc1cc(C(=O)NC2CCCc3cc(N)ccc32)no1. The van der Waals surface area contributed by atoms with E-state index < -0.39 is 0 Å². The van der Waals surface area contributed by atoms with Gasteiger partial charge in [-0.05, 0) is 49.4 Å². The lowest BCUT2D eigenvalue weighted by Gasteiger charge is -2.26. The number of aromatic nitrogens is 1. The molecule has 1 atom stereocenters. The Bertz CT molecular complexity index is 648. The lowest BCUT2D eigenvalue weighted by Crippen LogP contribution is -2.31. The van der Waals surface area contributed by atoms with Gasteiger partial charge in [0.25, 0.3) is 5.91 Å². The highest BCUT2D eigenvalue weighted by Gasteiger charge is 2.23. The van der Waals surface area contributed by atoms with Crippen LogP contribution in [0.5, 0.6) is 0 Å². The van der Waals surface area contributed by atoms with Crippen LogP contribution in [0.4, 0.5) is 5.69 Å². The molecule has 0 saturated carbocycles. The first-order valence-electron chi connectivity index (χ1n) is 6.76. The Hall–Kier alpha value is -2.30. The summed E-state index contributed by atoms with van der Waals surface area (Å²) < 4.78 is 4.93. The van der Waals surface area contributed by atoms with E-state index in [0.717, 1.165) is 30.5 Å². The number of carbonyl (C=O) groups excluding carboxylic acids is 1. The van der Waals surface area contributed by atoms with Crippen LogP contribution < -0.4 is 11.1 Å². The van der Waals surface area contributed by atoms with Crippen LogP contribution >= 0.6 is 0 Å². The number of fused-ring (bicyclic) bond motifs is 1. The number of nitrogens with one attached hydrogen (secondary N) is 1. The van der Waals surface area contributed by atoms with Crippen molar-refractivity contribution in [3.8, 4) is 0 Å². The molecule has 1 aromatic carbocycles. The van der Waals surface area contributed by atoms with Gasteiger partial charge in [0, 0.05) is 11.8 Å². The van der Waals surface area contributed by atoms with Crippen LogP contribution in [-0.2, 0) is 6.42 Å². The van der Waals surface area contributed by atoms with Gasteiger partial charge in [-0.2, -0.15) is 0 Å². The minimum Gasteiger partial charge on any atom is -0.399 e. The number of carbonyl (C=O) groups is 1. The molecule has 0 aliphatic heterocycles. The van der Waals surface area contributed by atoms with Gasteiger partial charge in [0.15, 0.2) is 5.69 Å². The fraction of sp³-hybridized carbons (Fsp3) is 0.333. The fourth-order valence-electron chi connectivity index (χ4n) is 2.69. The predicted octanol–water partition coefficient (Wildman–Crippen LogP) is 2.37. The Labute approximate surface area is 117 Å². The second kappa shape index (κ2) is 5.00. The average Bonchev–Trinajstić information content (AvgIpc) is 2.85. The van der Waals surface area contributed by atoms with Crippen LogP contribution in [0, 0.1) is 6.92 Å². The molecule has 5 heteroatoms. The molecular formula is C15H17N3O2. The quantitative estimate of drug-likeness (QED) is 0.822. The van der Waals surface area contributed by atoms with Gasteiger partial charge in [0.1, 0.15) is 5.76 Å². The van der Waals surface area contributed by atoms with Gasteiger partial charge in [-0.15, -0.1) is 0 Å². The summed E-state index contributed by atoms with van der Waals surface area (Å²) >= 11 is 0. The van der Waals surface area contributed by atoms with Crippen molar-refractivity contribution in [1.29, 1.82) is 0 Å². The third kappa shape index (κ3) is 2.39. The van der Waals surface area contributed by atoms with E-state index in [1.807, 2.05) is 18.2 Å². The Morgan fingerprint density at radius 3 is 3.05 bits per heavy atom. The first kappa shape index (κ1) is 12.7. The van der Waals surface area contributed by atoms with E-state index in [4.69, 9.17) is 10.3 Å². The molecule has 104 valence electrons. The minimum atomic E-state index is -0.198. The number of nitrogens with two attached hydrogens (primary N) is 1. The summed E-state index contributed by atoms with van der Waals surface area (Å²) in [6.07, 6.45) is 2.98. The summed E-state index contributed by atoms with van der Waals surface area (Å²) in [5.74, 6) is 0.434. The van der Waals surface area contributed by atoms with Gasteiger partial charge >= 0.3 is 0 Å². The molecule has 0 saturated heterocycles. The van der Waals surface area contributed by atoms with Crippen molar-refractivity contribution in [2.75, 3.05) is 5.73 Å². The summed E-state index contributed by atoms with van der Waals surface area (Å²) in [7, 11) is 0. The van der Waals surface area contributed by atoms with Crippen molar-refractivity contribution >= 4 is 11.6 Å². The number of benzene rings is 1. The number of amides is 1. The van der Waals surface area contributed by atoms with Crippen LogP contribution in [0.1, 0.15) is 46.3 Å². The zero-order chi connectivity index (χ0) is 14.1. The van der Waals surface area contributed by atoms with Gasteiger partial charge < -0.3 is 15.6 Å². The van der Waals surface area contributed by atoms with E-state index in [0.29, 0.717) is 11.5 Å². The van der Waals surface area contributed by atoms with E-state index in [9.17, 15) is 4.79 Å². The maximum absolute atomic E-state index is 12.1. The van der Waals surface area contributed by atoms with Gasteiger partial charge in [-0.1, -0.05) is 11.2 Å². The van der Waals surface area contributed by atoms with Crippen molar-refractivity contribution in [3.63, 3.8) is 0 Å². The number of hydrogen-bond acceptors (Lipinski definition) is 4. The first-order valence-corrected chi connectivity index (χ1v) is 6.76. The average molecular weight is 271 g/mol. The van der Waals surface area contributed by atoms with E-state index in [1.165, 1.54) is 5.56 Å². The molecule has 1 aromatic heterocycles. The van der Waals surface area contributed by atoms with Crippen LogP contribution in [0.3, 0.4) is 0 Å². The number of anilines is 1. The largest absolute Gasteiger partial charge is 0.399 e. The summed E-state index contributed by atoms with van der Waals surface area (Å²) in [6.45, 7) is 1.77. The molecule has 0 fully saturated rings. The zero-order valence-corrected chi connectivity index (χ0v) is 11.3. The molecule has 0 spiro atoms. The second-order valence-electron chi connectivity index (χ2n) is 5.20. The lowest BCUT2D eigenvalue weighted by molar-refractivity contribution is 0.0923. The highest BCUT2D eigenvalue weighted by Crippen LogP contribution is 2.31. The molecule has 1 aliphatic carbocycles. The summed E-state index contributed by atoms with van der Waals surface area (Å²) in [4.78, 5) is 12.1. The molecule has 1 heterocycles. The van der Waals surface area contributed by atoms with E-state index in [1.54, 1.807) is 13.0 Å². The van der Waals surface area contributed by atoms with Crippen LogP contribution in [0.25, 0.3) is 0 Å². The Balaban J connectivity index is 1.81. The van der Waals surface area contributed by atoms with Crippen LogP contribution in [-0.4, -0.2) is 11.1 Å². The number of nitrogens with zero attached hydrogens (tertiary/aromatic N) is 1. The maximum Gasteiger partial charge on any atom is 0.273 e. The maximum atomic E-state index is 12.1. The van der Waals surface area contributed by atoms with Gasteiger partial charge in [0.05, 0.1) is 6.04 Å². The second-order valence-corrected chi connectivity index (χ2v) is 5.20. The van der Waals surface area contributed by atoms with Crippen LogP contribution in [0.15, 0.2) is 28.8 Å². The van der Waals surface area contributed by atoms with Crippen molar-refractivity contribution in [2.45, 2.75) is 32.2 Å². The Morgan fingerprint density at radius 1 is 1.45 bits per heavy atom. The van der Waals surface area contributed by atoms with Gasteiger partial charge in [-0.25, -0.2) is 0 Å². The molecule has 3 rings (SSSR count). The van der Waals surface area contributed by atoms with Crippen LogP contribution in [0.2, 0.25) is 0 Å². The van der Waals surface area contributed by atoms with Crippen molar-refractivity contribution in [2.24, 2.45) is 0 Å². The van der Waals surface area contributed by atoms with Crippen molar-refractivity contribution in [1.82, 2.24) is 10.5 Å². The predicted molar refractivity (Wildman–Crippen MR) is 75.2 cm³/mol. The molecule has 1 amide bonds. The molecule has 0 radical (unpaired) electrons. The Morgan fingerprint density at radius 2 is 2.30 bits per heavy atom. The molecule has 5 nitrogen and oxygen atoms in total. The first-order chi connectivity index (χ1) is 9.63. The summed E-state index contributed by atoms with van der Waals surface area (Å²) in [5.41, 5.74) is 9.28. The number of hydrogen-bond donors (Lipinski definition) is 2. The molecule has 1 aliphatic rings. The highest BCUT2D eigenvalue weighted by atomic mass is 16.5. The topological polar surface area (TPSA) is 81.2 Å². The summed E-state index contributed by atoms with van der Waals surface area (Å²) in [5, 5.41) is 6.77. The third-order valence-corrected chi connectivity index (χ3v) is 3.65. The number of rotatable bonds is 2. The normalized spacial score (nSPS) is 17.6. The third-order valence-electron chi connectivity index (χ3n) is 3.65. The van der Waals surface area contributed by atoms with E-state index >= 15 is 0 Å². The van der Waals surface area contributed by atoms with Gasteiger partial charge in [0.2, 0.25) is 0 Å². The standard InChI is InChI=1S/C15H17N3O2/c1-9-7-14(18-20-9)15(19)17-13-4-2-3-10-8-11(16)5-6-12(10)13/h5-8,13H,2-4,16H2,1H3,(H,17,19). The smallest absolute Gasteiger partial charge is 0.273 e. The molecular weight excluding hydrogens is 254 g/mol. The molecule has 20 heavy (non-hydrogen) atoms. The lowest BCUT2D eigenvalue weighted by atomic mass is 9.87. The van der Waals surface area contributed by atoms with Gasteiger partial charge in [-0.3, -0.25) is 4.79 Å². The highest BCUT2D eigenvalue weighted by molar-refractivity contribution is 5.92. The zero-order valence-electron chi connectivity index (χ0n) is 11.3. The van der Waals surface area contributed by atoms with E-state index in [-0.39, 0.29) is 11.9 Å². The van der Waals surface area contributed by atoms with Crippen molar-refractivity contribution < 1.29 is 9.32 Å².